The third-order valence-electron chi connectivity index (χ3n) is 8.06. The van der Waals surface area contributed by atoms with E-state index in [1.807, 2.05) is 48.5 Å². The number of hydrogen-bond donors (Lipinski definition) is 3. The standard InChI is InChI=1S/C6H12O2.C6H14.C5H13N.C5H9N.C5H10O2.C5H10O.C5H12.C4H9Br.C4H7F3.C4H9NO.C3H9NO2S.C3H7NO2.8CH4.H3N.H2O/c1-4-8-6(7)5(2)3;2*1-5(2)6(3)4;1-5(2,3)4-6;1-4(2)5(6)7-3;1-4(2)5(3)6;1-4-5(2)3;1-4(2,3)5;1-3(2)4(5,6)7;1-3(2)4(5)6;1-3(2)7(4,5)6;1-3(2)4(5)6;;;;;;;;;;/h5H,4H2,1-3H3;5-6H,1-4H3;5H,1-4H3;1-3H3;4H,1-3H3;4H,1-3H3;5H,4H2,1-3H3;1-3H3;3H,1-2H3;3H,1-2H3,(H2,5,6);3H,1-2H3,(H2,4,5,6);3H,1-2H3;8*1H4;1H3;1H2. The Hall–Kier alpha value is -2.97. The molecular weight excluding hydrogens is 1190 g/mol. The molecule has 0 heterocycles. The molecule has 0 aliphatic heterocycles. The van der Waals surface area contributed by atoms with Crippen LogP contribution in [0.1, 0.15) is 280 Å². The Bertz CT molecular complexity index is 1400. The molecule has 85 heavy (non-hydrogen) atoms. The van der Waals surface area contributed by atoms with E-state index in [1.54, 1.807) is 55.4 Å². The van der Waals surface area contributed by atoms with Gasteiger partial charge in [0.2, 0.25) is 22.0 Å². The molecule has 0 aliphatic carbocycles. The van der Waals surface area contributed by atoms with Crippen molar-refractivity contribution in [3.05, 3.63) is 10.1 Å². The molecule has 0 radical (unpaired) electrons. The average Bonchev–Trinajstić information content (AvgIpc) is 3.21. The van der Waals surface area contributed by atoms with Crippen molar-refractivity contribution in [2.45, 2.75) is 308 Å². The molecule has 0 aromatic carbocycles. The van der Waals surface area contributed by atoms with Gasteiger partial charge in [-0.15, -0.1) is 0 Å². The molecule has 0 bridgehead atoms. The van der Waals surface area contributed by atoms with Crippen LogP contribution in [-0.4, -0.2) is 103 Å². The summed E-state index contributed by atoms with van der Waals surface area (Å²) >= 11 is 3.38. The Labute approximate surface area is 540 Å². The van der Waals surface area contributed by atoms with Gasteiger partial charge in [0.15, 0.2) is 0 Å². The van der Waals surface area contributed by atoms with Crippen LogP contribution in [0.15, 0.2) is 0 Å². The zero-order valence-corrected chi connectivity index (χ0v) is 57.9. The maximum atomic E-state index is 11.2. The van der Waals surface area contributed by atoms with Crippen LogP contribution < -0.4 is 17.0 Å². The summed E-state index contributed by atoms with van der Waals surface area (Å²) in [5, 5.41) is 21.9. The van der Waals surface area contributed by atoms with Crippen LogP contribution in [0.5, 0.6) is 0 Å². The van der Waals surface area contributed by atoms with Crippen LogP contribution in [0.25, 0.3) is 0 Å². The number of Topliss-reactive ketones (excluding diaryl/α,β-unsaturated/α-hetero) is 1. The van der Waals surface area contributed by atoms with E-state index in [0.29, 0.717) is 17.0 Å². The average molecular weight is 1340 g/mol. The fraction of sp³-hybridized carbons (Fsp3) is 0.921. The summed E-state index contributed by atoms with van der Waals surface area (Å²) in [7, 11) is 2.30. The zero-order chi connectivity index (χ0) is 64.4. The number of esters is 2. The van der Waals surface area contributed by atoms with Gasteiger partial charge in [0, 0.05) is 52.3 Å². The fourth-order valence-corrected chi connectivity index (χ4v) is 0.545. The van der Waals surface area contributed by atoms with Gasteiger partial charge in [-0.25, -0.2) is 13.6 Å². The second kappa shape index (κ2) is 87.5. The molecule has 0 spiro atoms. The molecule has 0 saturated carbocycles. The summed E-state index contributed by atoms with van der Waals surface area (Å²) in [4.78, 5) is 52.2. The van der Waals surface area contributed by atoms with Gasteiger partial charge in [-0.3, -0.25) is 29.3 Å². The van der Waals surface area contributed by atoms with Crippen molar-refractivity contribution in [3.63, 3.8) is 0 Å². The number of methoxy groups -OCH3 is 1. The van der Waals surface area contributed by atoms with Crippen molar-refractivity contribution in [3.8, 4) is 6.07 Å². The maximum Gasteiger partial charge on any atom is 0.391 e. The Morgan fingerprint density at radius 3 is 0.835 bits per heavy atom. The molecule has 17 nitrogen and oxygen atoms in total. The first-order chi connectivity index (χ1) is 32.8. The third-order valence-corrected chi connectivity index (χ3v) is 9.38. The number of carbonyl (C=O) groups excluding carboxylic acids is 4. The first-order valence-electron chi connectivity index (χ1n) is 25.8. The SMILES string of the molecule is C.C.C.C.C.C.C.C.CC(=O)C(C)C.CC(C)(C)Br.CC(C)(C)C#N.CC(C)C(C)C.CC(C)C(F)(F)F.CC(C)C(N)=O.CC(C)N(C)C.CC(C)S(N)(=O)=O.CC(C)[N+](=O)[O-].CCC(C)C.CCOC(=O)C(C)C.COC(=O)C(C)C.N.O. The fourth-order valence-electron chi connectivity index (χ4n) is 0.545. The van der Waals surface area contributed by atoms with Crippen molar-refractivity contribution in [2.75, 3.05) is 27.8 Å². The highest BCUT2D eigenvalue weighted by Gasteiger charge is 2.31. The molecule has 0 aromatic heterocycles. The number of primary sulfonamides is 1. The van der Waals surface area contributed by atoms with E-state index in [1.165, 1.54) is 27.4 Å². The minimum atomic E-state index is -4.00. The highest BCUT2D eigenvalue weighted by atomic mass is 79.9. The van der Waals surface area contributed by atoms with Gasteiger partial charge in [0.1, 0.15) is 5.78 Å². The van der Waals surface area contributed by atoms with E-state index >= 15 is 0 Å². The van der Waals surface area contributed by atoms with E-state index in [2.05, 4.69) is 139 Å². The Morgan fingerprint density at radius 2 is 0.824 bits per heavy atom. The molecule has 0 rings (SSSR count). The Kier molecular flexibility index (Phi) is 154. The second-order valence-electron chi connectivity index (χ2n) is 22.4. The first-order valence-corrected chi connectivity index (χ1v) is 28.2. The number of nitro groups is 1. The number of halogens is 4. The molecule has 540 valence electrons. The highest BCUT2D eigenvalue weighted by Crippen LogP contribution is 2.24. The lowest BCUT2D eigenvalue weighted by Crippen LogP contribution is -2.22. The smallest absolute Gasteiger partial charge is 0.391 e. The van der Waals surface area contributed by atoms with Crippen LogP contribution in [0.4, 0.5) is 13.2 Å². The molecule has 0 saturated heterocycles. The molecule has 22 heteroatoms. The number of amides is 1. The van der Waals surface area contributed by atoms with Crippen molar-refractivity contribution >= 4 is 49.6 Å². The summed E-state index contributed by atoms with van der Waals surface area (Å²) in [6.45, 7) is 58.7. The molecule has 0 unspecified atom stereocenters. The maximum absolute atomic E-state index is 11.2. The largest absolute Gasteiger partial charge is 0.469 e. The Balaban J connectivity index is -0.0000000252. The number of nitrogens with zero attached hydrogens (tertiary/aromatic N) is 3. The summed E-state index contributed by atoms with van der Waals surface area (Å²) in [6, 6.07) is 2.36. The summed E-state index contributed by atoms with van der Waals surface area (Å²) in [6.07, 6.45) is -2.69. The molecule has 1 amide bonds. The van der Waals surface area contributed by atoms with Gasteiger partial charge in [0.05, 0.1) is 36.9 Å². The predicted molar refractivity (Wildman–Crippen MR) is 379 cm³/mol. The van der Waals surface area contributed by atoms with Crippen molar-refractivity contribution in [2.24, 2.45) is 63.6 Å². The van der Waals surface area contributed by atoms with Crippen LogP contribution in [0.2, 0.25) is 0 Å². The van der Waals surface area contributed by atoms with E-state index < -0.39 is 33.4 Å². The van der Waals surface area contributed by atoms with Crippen LogP contribution in [-0.2, 0) is 38.7 Å². The van der Waals surface area contributed by atoms with Crippen LogP contribution >= 0.6 is 15.9 Å². The molecular formula is C63H158BrF3N6O11S. The molecule has 0 fully saturated rings. The van der Waals surface area contributed by atoms with Gasteiger partial charge >= 0.3 is 18.1 Å². The van der Waals surface area contributed by atoms with Crippen molar-refractivity contribution < 1.29 is 60.6 Å². The zero-order valence-electron chi connectivity index (χ0n) is 55.5. The number of nitriles is 1. The van der Waals surface area contributed by atoms with Gasteiger partial charge in [-0.2, -0.15) is 18.4 Å². The monoisotopic (exact) mass is 1340 g/mol. The van der Waals surface area contributed by atoms with Gasteiger partial charge in [0.25, 0.3) is 0 Å². The lowest BCUT2D eigenvalue weighted by Gasteiger charge is -2.12. The number of nitrogens with two attached hydrogens (primary N) is 2. The van der Waals surface area contributed by atoms with Crippen LogP contribution in [0.3, 0.4) is 0 Å². The molecule has 0 aromatic rings. The van der Waals surface area contributed by atoms with E-state index in [4.69, 9.17) is 11.0 Å². The number of primary amides is 1. The lowest BCUT2D eigenvalue weighted by atomic mass is 10.0. The quantitative estimate of drug-likeness (QED) is 0.0794. The molecule has 9 N–H and O–H groups in total. The Morgan fingerprint density at radius 1 is 0.647 bits per heavy atom. The topological polar surface area (TPSA) is 310 Å². The molecule has 0 atom stereocenters. The van der Waals surface area contributed by atoms with Gasteiger partial charge in [-0.1, -0.05) is 220 Å². The molecule has 0 aliphatic rings. The number of hydrogen-bond acceptors (Lipinski definition) is 13. The second-order valence-corrected chi connectivity index (χ2v) is 26.9. The number of alkyl halides is 4. The van der Waals surface area contributed by atoms with Gasteiger partial charge in [-0.05, 0) is 94.2 Å². The number of ether oxygens (including phenoxy) is 2. The number of rotatable bonds is 10. The lowest BCUT2D eigenvalue weighted by molar-refractivity contribution is -0.513. The summed E-state index contributed by atoms with van der Waals surface area (Å²) in [5.74, 6) is 1.35. The summed E-state index contributed by atoms with van der Waals surface area (Å²) in [5.41, 5.74) is 4.64. The number of sulfonamides is 1. The van der Waals surface area contributed by atoms with E-state index in [0.717, 1.165) is 31.6 Å². The van der Waals surface area contributed by atoms with Crippen LogP contribution in [0, 0.1) is 74.2 Å². The summed E-state index contributed by atoms with van der Waals surface area (Å²) < 4.78 is 63.1. The van der Waals surface area contributed by atoms with Gasteiger partial charge < -0.3 is 31.7 Å². The normalized spacial score (nSPS) is 9.25. The van der Waals surface area contributed by atoms with Crippen molar-refractivity contribution in [1.29, 1.82) is 5.26 Å². The third kappa shape index (κ3) is 229. The van der Waals surface area contributed by atoms with Crippen molar-refractivity contribution in [1.82, 2.24) is 11.1 Å². The number of ketones is 1. The number of carbonyl (C=O) groups is 4. The highest BCUT2D eigenvalue weighted by molar-refractivity contribution is 9.10. The minimum absolute atomic E-state index is 0. The minimum Gasteiger partial charge on any atom is -0.469 e. The predicted octanol–water partition coefficient (Wildman–Crippen LogP) is 19.4. The van der Waals surface area contributed by atoms with E-state index in [9.17, 15) is 50.9 Å². The first kappa shape index (κ1) is 149. The van der Waals surface area contributed by atoms with E-state index in [-0.39, 0.29) is 129 Å².